The molecule has 1 fully saturated rings. The van der Waals surface area contributed by atoms with Gasteiger partial charge in [-0.3, -0.25) is 4.79 Å². The highest BCUT2D eigenvalue weighted by Gasteiger charge is 2.21. The Kier molecular flexibility index (Phi) is 3.72. The fraction of sp³-hybridized carbons (Fsp3) is 0.417. The van der Waals surface area contributed by atoms with E-state index in [2.05, 4.69) is 17.4 Å². The highest BCUT2D eigenvalue weighted by atomic mass is 32.2. The fourth-order valence-electron chi connectivity index (χ4n) is 1.63. The second-order valence-corrected chi connectivity index (χ2v) is 5.08. The summed E-state index contributed by atoms with van der Waals surface area (Å²) in [7, 11) is 1.67. The number of thioether (sulfide) groups is 1. The maximum Gasteiger partial charge on any atom is 0.221 e. The molecule has 2 rings (SSSR count). The molecule has 3 nitrogen and oxygen atoms in total. The number of carbonyl (C=O) groups excluding carboxylic acids is 1. The highest BCUT2D eigenvalue weighted by Crippen LogP contribution is 2.23. The van der Waals surface area contributed by atoms with Crippen molar-refractivity contribution in [1.82, 2.24) is 5.32 Å². The minimum atomic E-state index is 0.173. The monoisotopic (exact) mass is 237 g/mol. The summed E-state index contributed by atoms with van der Waals surface area (Å²) in [6, 6.07) is 8.06. The van der Waals surface area contributed by atoms with E-state index in [1.165, 1.54) is 5.56 Å². The zero-order valence-corrected chi connectivity index (χ0v) is 10.0. The smallest absolute Gasteiger partial charge is 0.221 e. The van der Waals surface area contributed by atoms with Crippen molar-refractivity contribution in [3.63, 3.8) is 0 Å². The number of benzene rings is 1. The molecule has 4 heteroatoms. The number of hydrogen-bond donors (Lipinski definition) is 1. The van der Waals surface area contributed by atoms with Crippen molar-refractivity contribution in [1.29, 1.82) is 0 Å². The van der Waals surface area contributed by atoms with Crippen LogP contribution in [0.15, 0.2) is 24.3 Å². The number of rotatable bonds is 4. The molecule has 1 amide bonds. The van der Waals surface area contributed by atoms with Gasteiger partial charge in [0, 0.05) is 24.0 Å². The molecule has 1 heterocycles. The van der Waals surface area contributed by atoms with Crippen LogP contribution in [0.5, 0.6) is 5.75 Å². The molecule has 1 saturated heterocycles. The van der Waals surface area contributed by atoms with Gasteiger partial charge >= 0.3 is 0 Å². The molecule has 1 aliphatic heterocycles. The SMILES string of the molecule is COc1ccc(CSC2CNC(=O)C2)cc1. The molecule has 86 valence electrons. The Bertz CT molecular complexity index is 364. The Hall–Kier alpha value is -1.16. The summed E-state index contributed by atoms with van der Waals surface area (Å²) in [5, 5.41) is 3.27. The first-order chi connectivity index (χ1) is 7.78. The molecule has 1 N–H and O–H groups in total. The summed E-state index contributed by atoms with van der Waals surface area (Å²) in [5.74, 6) is 2.00. The lowest BCUT2D eigenvalue weighted by atomic mass is 10.2. The van der Waals surface area contributed by atoms with Crippen LogP contribution >= 0.6 is 11.8 Å². The maximum absolute atomic E-state index is 11.0. The molecule has 0 saturated carbocycles. The van der Waals surface area contributed by atoms with Crippen LogP contribution < -0.4 is 10.1 Å². The van der Waals surface area contributed by atoms with Crippen LogP contribution in [0.3, 0.4) is 0 Å². The molecule has 1 aliphatic rings. The molecule has 0 aliphatic carbocycles. The van der Waals surface area contributed by atoms with Crippen LogP contribution in [0.4, 0.5) is 0 Å². The third kappa shape index (κ3) is 2.92. The van der Waals surface area contributed by atoms with Crippen molar-refractivity contribution in [3.8, 4) is 5.75 Å². The van der Waals surface area contributed by atoms with Gasteiger partial charge in [0.2, 0.25) is 5.91 Å². The molecule has 1 aromatic rings. The predicted molar refractivity (Wildman–Crippen MR) is 65.7 cm³/mol. The van der Waals surface area contributed by atoms with E-state index in [0.29, 0.717) is 11.7 Å². The van der Waals surface area contributed by atoms with Crippen molar-refractivity contribution in [2.45, 2.75) is 17.4 Å². The molecule has 1 unspecified atom stereocenters. The van der Waals surface area contributed by atoms with Crippen molar-refractivity contribution in [3.05, 3.63) is 29.8 Å². The van der Waals surface area contributed by atoms with Crippen LogP contribution in [0, 0.1) is 0 Å². The summed E-state index contributed by atoms with van der Waals surface area (Å²) < 4.78 is 5.10. The van der Waals surface area contributed by atoms with Crippen molar-refractivity contribution < 1.29 is 9.53 Å². The lowest BCUT2D eigenvalue weighted by molar-refractivity contribution is -0.119. The van der Waals surface area contributed by atoms with E-state index in [1.54, 1.807) is 7.11 Å². The van der Waals surface area contributed by atoms with Crippen LogP contribution in [-0.4, -0.2) is 24.8 Å². The fourth-order valence-corrected chi connectivity index (χ4v) is 2.72. The van der Waals surface area contributed by atoms with E-state index in [4.69, 9.17) is 4.74 Å². The quantitative estimate of drug-likeness (QED) is 0.868. The zero-order chi connectivity index (χ0) is 11.4. The summed E-state index contributed by atoms with van der Waals surface area (Å²) in [6.45, 7) is 0.805. The molecule has 0 bridgehead atoms. The number of nitrogens with one attached hydrogen (secondary N) is 1. The van der Waals surface area contributed by atoms with E-state index in [1.807, 2.05) is 23.9 Å². The molecular formula is C12H15NO2S. The summed E-state index contributed by atoms with van der Waals surface area (Å²) in [6.07, 6.45) is 0.654. The third-order valence-corrected chi connectivity index (χ3v) is 3.89. The summed E-state index contributed by atoms with van der Waals surface area (Å²) in [5.41, 5.74) is 1.27. The predicted octanol–water partition coefficient (Wildman–Crippen LogP) is 1.82. The molecule has 1 aromatic carbocycles. The standard InChI is InChI=1S/C12H15NO2S/c1-15-10-4-2-9(3-5-10)8-16-11-6-12(14)13-7-11/h2-5,11H,6-8H2,1H3,(H,13,14). The van der Waals surface area contributed by atoms with Gasteiger partial charge in [-0.2, -0.15) is 11.8 Å². The minimum Gasteiger partial charge on any atom is -0.497 e. The van der Waals surface area contributed by atoms with E-state index in [0.717, 1.165) is 18.0 Å². The molecule has 0 radical (unpaired) electrons. The number of ether oxygens (including phenoxy) is 1. The summed E-state index contributed by atoms with van der Waals surface area (Å²) >= 11 is 1.83. The maximum atomic E-state index is 11.0. The summed E-state index contributed by atoms with van der Waals surface area (Å²) in [4.78, 5) is 11.0. The average Bonchev–Trinajstić information content (AvgIpc) is 2.73. The van der Waals surface area contributed by atoms with Gasteiger partial charge in [0.1, 0.15) is 5.75 Å². The first-order valence-electron chi connectivity index (χ1n) is 5.29. The number of amides is 1. The highest BCUT2D eigenvalue weighted by molar-refractivity contribution is 7.99. The first kappa shape index (κ1) is 11.3. The van der Waals surface area contributed by atoms with Crippen molar-refractivity contribution in [2.75, 3.05) is 13.7 Å². The van der Waals surface area contributed by atoms with Crippen LogP contribution in [0.1, 0.15) is 12.0 Å². The van der Waals surface area contributed by atoms with E-state index >= 15 is 0 Å². The second-order valence-electron chi connectivity index (χ2n) is 3.79. The Morgan fingerprint density at radius 1 is 1.44 bits per heavy atom. The topological polar surface area (TPSA) is 38.3 Å². The lowest BCUT2D eigenvalue weighted by Gasteiger charge is -2.07. The van der Waals surface area contributed by atoms with Crippen LogP contribution in [0.25, 0.3) is 0 Å². The number of carbonyl (C=O) groups is 1. The molecular weight excluding hydrogens is 222 g/mol. The normalized spacial score (nSPS) is 19.6. The first-order valence-corrected chi connectivity index (χ1v) is 6.34. The zero-order valence-electron chi connectivity index (χ0n) is 9.23. The average molecular weight is 237 g/mol. The van der Waals surface area contributed by atoms with Gasteiger partial charge in [0.25, 0.3) is 0 Å². The van der Waals surface area contributed by atoms with Crippen LogP contribution in [0.2, 0.25) is 0 Å². The third-order valence-electron chi connectivity index (χ3n) is 2.58. The number of hydrogen-bond acceptors (Lipinski definition) is 3. The van der Waals surface area contributed by atoms with E-state index < -0.39 is 0 Å². The molecule has 0 aromatic heterocycles. The molecule has 0 spiro atoms. The Labute approximate surface area is 99.6 Å². The molecule has 1 atom stereocenters. The van der Waals surface area contributed by atoms with Gasteiger partial charge in [0.15, 0.2) is 0 Å². The van der Waals surface area contributed by atoms with Gasteiger partial charge in [-0.25, -0.2) is 0 Å². The van der Waals surface area contributed by atoms with Gasteiger partial charge in [-0.15, -0.1) is 0 Å². The van der Waals surface area contributed by atoms with Crippen LogP contribution in [-0.2, 0) is 10.5 Å². The minimum absolute atomic E-state index is 0.173. The second kappa shape index (κ2) is 5.25. The van der Waals surface area contributed by atoms with Gasteiger partial charge < -0.3 is 10.1 Å². The Morgan fingerprint density at radius 3 is 2.75 bits per heavy atom. The number of methoxy groups -OCH3 is 1. The van der Waals surface area contributed by atoms with E-state index in [9.17, 15) is 4.79 Å². The van der Waals surface area contributed by atoms with Crippen molar-refractivity contribution in [2.24, 2.45) is 0 Å². The van der Waals surface area contributed by atoms with Gasteiger partial charge in [-0.05, 0) is 17.7 Å². The molecule has 16 heavy (non-hydrogen) atoms. The Morgan fingerprint density at radius 2 is 2.19 bits per heavy atom. The lowest BCUT2D eigenvalue weighted by Crippen LogP contribution is -2.14. The van der Waals surface area contributed by atoms with Gasteiger partial charge in [0.05, 0.1) is 7.11 Å². The largest absolute Gasteiger partial charge is 0.497 e. The van der Waals surface area contributed by atoms with E-state index in [-0.39, 0.29) is 5.91 Å². The Balaban J connectivity index is 1.82. The van der Waals surface area contributed by atoms with Gasteiger partial charge in [-0.1, -0.05) is 12.1 Å². The van der Waals surface area contributed by atoms with Crippen molar-refractivity contribution >= 4 is 17.7 Å².